The summed E-state index contributed by atoms with van der Waals surface area (Å²) in [4.78, 5) is 15.0. The molecule has 1 aliphatic heterocycles. The Morgan fingerprint density at radius 1 is 1.07 bits per heavy atom. The van der Waals surface area contributed by atoms with E-state index in [0.29, 0.717) is 25.3 Å². The molecule has 0 saturated carbocycles. The zero-order chi connectivity index (χ0) is 18.8. The van der Waals surface area contributed by atoms with Gasteiger partial charge in [0, 0.05) is 24.7 Å². The highest BCUT2D eigenvalue weighted by atomic mass is 35.5. The van der Waals surface area contributed by atoms with Crippen LogP contribution in [0.1, 0.15) is 27.7 Å². The molecule has 0 unspecified atom stereocenters. The van der Waals surface area contributed by atoms with Crippen LogP contribution >= 0.6 is 12.4 Å². The lowest BCUT2D eigenvalue weighted by Gasteiger charge is -2.16. The summed E-state index contributed by atoms with van der Waals surface area (Å²) in [6.45, 7) is 3.89. The third-order valence-corrected chi connectivity index (χ3v) is 5.37. The Morgan fingerprint density at radius 3 is 2.36 bits per heavy atom. The van der Waals surface area contributed by atoms with E-state index in [9.17, 15) is 4.79 Å². The Labute approximate surface area is 171 Å². The average Bonchev–Trinajstić information content (AvgIpc) is 3.32. The quantitative estimate of drug-likeness (QED) is 0.734. The van der Waals surface area contributed by atoms with E-state index in [1.165, 1.54) is 5.56 Å². The van der Waals surface area contributed by atoms with Gasteiger partial charge in [-0.25, -0.2) is 4.68 Å². The van der Waals surface area contributed by atoms with E-state index in [1.807, 2.05) is 71.1 Å². The van der Waals surface area contributed by atoms with E-state index in [4.69, 9.17) is 5.73 Å². The van der Waals surface area contributed by atoms with Crippen molar-refractivity contribution in [1.29, 1.82) is 0 Å². The first-order valence-electron chi connectivity index (χ1n) is 9.33. The third kappa shape index (κ3) is 3.81. The summed E-state index contributed by atoms with van der Waals surface area (Å²) in [5, 5.41) is 4.57. The van der Waals surface area contributed by atoms with Crippen LogP contribution in [0.5, 0.6) is 0 Å². The molecule has 2 heterocycles. The molecule has 2 N–H and O–H groups in total. The number of amides is 1. The Kier molecular flexibility index (Phi) is 6.17. The summed E-state index contributed by atoms with van der Waals surface area (Å²) < 4.78 is 1.82. The number of likely N-dealkylation sites (tertiary alicyclic amines) is 1. The zero-order valence-corrected chi connectivity index (χ0v) is 16.7. The van der Waals surface area contributed by atoms with Gasteiger partial charge in [-0.2, -0.15) is 5.10 Å². The first-order valence-corrected chi connectivity index (χ1v) is 9.33. The Morgan fingerprint density at radius 2 is 1.71 bits per heavy atom. The van der Waals surface area contributed by atoms with Gasteiger partial charge in [-0.3, -0.25) is 4.79 Å². The van der Waals surface area contributed by atoms with Gasteiger partial charge < -0.3 is 10.6 Å². The fourth-order valence-electron chi connectivity index (χ4n) is 3.93. The molecule has 5 nitrogen and oxygen atoms in total. The molecule has 3 aromatic rings. The van der Waals surface area contributed by atoms with E-state index in [-0.39, 0.29) is 30.2 Å². The molecule has 2 aromatic carbocycles. The Balaban J connectivity index is 0.00000225. The summed E-state index contributed by atoms with van der Waals surface area (Å²) in [6.07, 6.45) is 0. The van der Waals surface area contributed by atoms with E-state index in [2.05, 4.69) is 17.2 Å². The lowest BCUT2D eigenvalue weighted by Crippen LogP contribution is -2.30. The summed E-state index contributed by atoms with van der Waals surface area (Å²) in [5.74, 6) is 0.524. The van der Waals surface area contributed by atoms with Gasteiger partial charge in [-0.05, 0) is 43.1 Å². The van der Waals surface area contributed by atoms with Crippen molar-refractivity contribution in [1.82, 2.24) is 14.7 Å². The molecular formula is C22H25ClN4O. The van der Waals surface area contributed by atoms with Crippen LogP contribution in [0.25, 0.3) is 5.69 Å². The molecule has 1 aliphatic rings. The largest absolute Gasteiger partial charge is 0.336 e. The Hall–Kier alpha value is -2.63. The van der Waals surface area contributed by atoms with Crippen molar-refractivity contribution in [2.75, 3.05) is 19.6 Å². The number of nitrogens with two attached hydrogens (primary N) is 1. The molecule has 2 atom stereocenters. The first-order chi connectivity index (χ1) is 13.2. The molecule has 0 spiro atoms. The van der Waals surface area contributed by atoms with Crippen LogP contribution in [0, 0.1) is 12.8 Å². The molecule has 0 radical (unpaired) electrons. The maximum Gasteiger partial charge on any atom is 0.274 e. The van der Waals surface area contributed by atoms with Crippen LogP contribution in [0.4, 0.5) is 0 Å². The SMILES string of the molecule is Cc1cc(C(=O)N2C[C@@H](CN)[C@H](c3ccccc3)C2)nn1-c1ccccc1.Cl. The predicted molar refractivity (Wildman–Crippen MR) is 113 cm³/mol. The highest BCUT2D eigenvalue weighted by molar-refractivity contribution is 5.92. The van der Waals surface area contributed by atoms with Gasteiger partial charge in [-0.15, -0.1) is 12.4 Å². The van der Waals surface area contributed by atoms with Crippen molar-refractivity contribution in [3.8, 4) is 5.69 Å². The van der Waals surface area contributed by atoms with E-state index < -0.39 is 0 Å². The summed E-state index contributed by atoms with van der Waals surface area (Å²) in [7, 11) is 0. The normalized spacial score (nSPS) is 18.7. The fourth-order valence-corrected chi connectivity index (χ4v) is 3.93. The van der Waals surface area contributed by atoms with Gasteiger partial charge in [0.15, 0.2) is 5.69 Å². The van der Waals surface area contributed by atoms with E-state index >= 15 is 0 Å². The van der Waals surface area contributed by atoms with Crippen LogP contribution in [0.15, 0.2) is 66.7 Å². The van der Waals surface area contributed by atoms with Gasteiger partial charge in [-0.1, -0.05) is 48.5 Å². The molecule has 4 rings (SSSR count). The van der Waals surface area contributed by atoms with Crippen molar-refractivity contribution < 1.29 is 4.79 Å². The summed E-state index contributed by atoms with van der Waals surface area (Å²) in [6, 6.07) is 22.1. The number of aryl methyl sites for hydroxylation is 1. The lowest BCUT2D eigenvalue weighted by molar-refractivity contribution is 0.0780. The molecule has 146 valence electrons. The molecule has 1 aromatic heterocycles. The summed E-state index contributed by atoms with van der Waals surface area (Å²) >= 11 is 0. The molecule has 1 amide bonds. The second-order valence-electron chi connectivity index (χ2n) is 7.14. The second-order valence-corrected chi connectivity index (χ2v) is 7.14. The highest BCUT2D eigenvalue weighted by Crippen LogP contribution is 2.32. The van der Waals surface area contributed by atoms with Crippen molar-refractivity contribution in [2.24, 2.45) is 11.7 Å². The number of carbonyl (C=O) groups excluding carboxylic acids is 1. The lowest BCUT2D eigenvalue weighted by atomic mass is 9.89. The van der Waals surface area contributed by atoms with Crippen LogP contribution in [0.2, 0.25) is 0 Å². The minimum atomic E-state index is -0.0235. The number of halogens is 1. The maximum absolute atomic E-state index is 13.1. The number of hydrogen-bond donors (Lipinski definition) is 1. The van der Waals surface area contributed by atoms with Crippen molar-refractivity contribution in [3.05, 3.63) is 83.7 Å². The predicted octanol–water partition coefficient (Wildman–Crippen LogP) is 3.42. The Bertz CT molecular complexity index is 926. The molecule has 0 bridgehead atoms. The maximum atomic E-state index is 13.1. The fraction of sp³-hybridized carbons (Fsp3) is 0.273. The van der Waals surface area contributed by atoms with Crippen LogP contribution < -0.4 is 5.73 Å². The topological polar surface area (TPSA) is 64.2 Å². The number of benzene rings is 2. The van der Waals surface area contributed by atoms with Crippen molar-refractivity contribution in [2.45, 2.75) is 12.8 Å². The smallest absolute Gasteiger partial charge is 0.274 e. The standard InChI is InChI=1S/C22H24N4O.ClH/c1-16-12-21(24-26(16)19-10-6-3-7-11-19)22(27)25-14-18(13-23)20(15-25)17-8-4-2-5-9-17;/h2-12,18,20H,13-15,23H2,1H3;1H/t18-,20+;/m1./s1. The van der Waals surface area contributed by atoms with Gasteiger partial charge >= 0.3 is 0 Å². The monoisotopic (exact) mass is 396 g/mol. The molecular weight excluding hydrogens is 372 g/mol. The molecule has 1 saturated heterocycles. The molecule has 28 heavy (non-hydrogen) atoms. The summed E-state index contributed by atoms with van der Waals surface area (Å²) in [5.41, 5.74) is 9.64. The molecule has 0 aliphatic carbocycles. The molecule has 1 fully saturated rings. The van der Waals surface area contributed by atoms with Gasteiger partial charge in [0.25, 0.3) is 5.91 Å². The second kappa shape index (κ2) is 8.59. The number of hydrogen-bond acceptors (Lipinski definition) is 3. The number of aromatic nitrogens is 2. The van der Waals surface area contributed by atoms with Gasteiger partial charge in [0.2, 0.25) is 0 Å². The van der Waals surface area contributed by atoms with Crippen molar-refractivity contribution in [3.63, 3.8) is 0 Å². The average molecular weight is 397 g/mol. The first kappa shape index (κ1) is 20.1. The zero-order valence-electron chi connectivity index (χ0n) is 15.9. The minimum Gasteiger partial charge on any atom is -0.336 e. The van der Waals surface area contributed by atoms with Crippen LogP contribution in [-0.4, -0.2) is 40.2 Å². The van der Waals surface area contributed by atoms with E-state index in [1.54, 1.807) is 0 Å². The third-order valence-electron chi connectivity index (χ3n) is 5.37. The number of rotatable bonds is 4. The van der Waals surface area contributed by atoms with Crippen molar-refractivity contribution >= 4 is 18.3 Å². The van der Waals surface area contributed by atoms with Gasteiger partial charge in [0.05, 0.1) is 5.69 Å². The number of nitrogens with zero attached hydrogens (tertiary/aromatic N) is 3. The molecule has 6 heteroatoms. The number of carbonyl (C=O) groups is 1. The van der Waals surface area contributed by atoms with E-state index in [0.717, 1.165) is 11.4 Å². The van der Waals surface area contributed by atoms with Gasteiger partial charge in [0.1, 0.15) is 0 Å². The van der Waals surface area contributed by atoms with Crippen LogP contribution in [-0.2, 0) is 0 Å². The minimum absolute atomic E-state index is 0. The highest BCUT2D eigenvalue weighted by Gasteiger charge is 2.36. The number of para-hydroxylation sites is 1. The van der Waals surface area contributed by atoms with Crippen LogP contribution in [0.3, 0.4) is 0 Å².